The molecule has 1 aliphatic rings. The summed E-state index contributed by atoms with van der Waals surface area (Å²) in [6, 6.07) is 0. The van der Waals surface area contributed by atoms with Crippen LogP contribution in [0.3, 0.4) is 0 Å². The molecule has 0 aromatic heterocycles. The van der Waals surface area contributed by atoms with Crippen molar-refractivity contribution in [2.75, 3.05) is 13.2 Å². The fourth-order valence-electron chi connectivity index (χ4n) is 6.40. The van der Waals surface area contributed by atoms with Crippen LogP contribution in [0, 0.1) is 0 Å². The third-order valence-electron chi connectivity index (χ3n) is 9.93. The highest BCUT2D eigenvalue weighted by Crippen LogP contribution is 2.47. The number of rotatable bonds is 35. The molecule has 0 amide bonds. The second-order valence-electron chi connectivity index (χ2n) is 15.2. The van der Waals surface area contributed by atoms with Gasteiger partial charge in [-0.3, -0.25) is 18.6 Å². The first kappa shape index (κ1) is 53.8. The fraction of sp³-hybridized carbons (Fsp3) is 0.773. The number of carbonyl (C=O) groups excluding carboxylic acids is 2. The molecule has 6 unspecified atom stereocenters. The lowest BCUT2D eigenvalue weighted by atomic mass is 9.85. The van der Waals surface area contributed by atoms with Gasteiger partial charge < -0.3 is 39.9 Å². The monoisotopic (exact) mass is 845 g/mol. The van der Waals surface area contributed by atoms with E-state index in [1.165, 1.54) is 32.1 Å². The normalized spacial score (nSPS) is 23.0. The maximum Gasteiger partial charge on any atom is 0.472 e. The summed E-state index contributed by atoms with van der Waals surface area (Å²) >= 11 is 0. The number of hydrogen-bond acceptors (Lipinski definition) is 12. The van der Waals surface area contributed by atoms with Crippen molar-refractivity contribution in [3.63, 3.8) is 0 Å². The van der Waals surface area contributed by atoms with Crippen molar-refractivity contribution in [1.29, 1.82) is 0 Å². The lowest BCUT2D eigenvalue weighted by Gasteiger charge is -2.41. The molecule has 6 atom stereocenters. The number of hydrogen-bond donors (Lipinski definition) is 6. The number of esters is 2. The van der Waals surface area contributed by atoms with Crippen LogP contribution in [0.2, 0.25) is 0 Å². The highest BCUT2D eigenvalue weighted by Gasteiger charge is 2.51. The predicted octanol–water partition coefficient (Wildman–Crippen LogP) is 8.00. The van der Waals surface area contributed by atoms with E-state index in [1.54, 1.807) is 0 Å². The van der Waals surface area contributed by atoms with Gasteiger partial charge in [-0.1, -0.05) is 146 Å². The SMILES string of the molecule is CC/C=C\C/C=C\C/C=C\C/C=C\CCCCCCCCCCCCC(=O)OC(COC(=O)CCCCCCCC)COP(=O)(O)OC1C(O)C(O)C(O)C(O)C1O. The predicted molar refractivity (Wildman–Crippen MR) is 226 cm³/mol. The highest BCUT2D eigenvalue weighted by molar-refractivity contribution is 7.47. The maximum absolute atomic E-state index is 12.7. The van der Waals surface area contributed by atoms with Crippen molar-refractivity contribution in [1.82, 2.24) is 0 Å². The Morgan fingerprint density at radius 3 is 1.50 bits per heavy atom. The number of aliphatic hydroxyl groups is 5. The minimum atomic E-state index is -5.11. The number of ether oxygens (including phenoxy) is 2. The molecule has 1 saturated carbocycles. The van der Waals surface area contributed by atoms with Crippen molar-refractivity contribution in [2.45, 2.75) is 204 Å². The molecule has 14 heteroatoms. The zero-order valence-electron chi connectivity index (χ0n) is 35.3. The Kier molecular flexibility index (Phi) is 32.0. The molecule has 0 aromatic carbocycles. The number of allylic oxidation sites excluding steroid dienone is 8. The largest absolute Gasteiger partial charge is 0.472 e. The summed E-state index contributed by atoms with van der Waals surface area (Å²) in [7, 11) is -5.11. The van der Waals surface area contributed by atoms with Gasteiger partial charge in [0, 0.05) is 12.8 Å². The quantitative estimate of drug-likeness (QED) is 0.0155. The van der Waals surface area contributed by atoms with Crippen LogP contribution in [0.15, 0.2) is 48.6 Å². The first-order valence-corrected chi connectivity index (χ1v) is 23.4. The first-order chi connectivity index (χ1) is 27.9. The van der Waals surface area contributed by atoms with Crippen LogP contribution in [0.25, 0.3) is 0 Å². The van der Waals surface area contributed by atoms with Crippen molar-refractivity contribution in [3.8, 4) is 0 Å². The number of unbranched alkanes of at least 4 members (excludes halogenated alkanes) is 15. The lowest BCUT2D eigenvalue weighted by Crippen LogP contribution is -2.64. The molecule has 336 valence electrons. The molecule has 0 spiro atoms. The second-order valence-corrected chi connectivity index (χ2v) is 16.6. The van der Waals surface area contributed by atoms with Gasteiger partial charge in [-0.2, -0.15) is 0 Å². The summed E-state index contributed by atoms with van der Waals surface area (Å²) in [5, 5.41) is 49.9. The van der Waals surface area contributed by atoms with Gasteiger partial charge in [0.05, 0.1) is 6.61 Å². The molecular formula is C44H77O13P. The molecule has 13 nitrogen and oxygen atoms in total. The van der Waals surface area contributed by atoms with E-state index in [9.17, 15) is 44.6 Å². The van der Waals surface area contributed by atoms with Crippen LogP contribution >= 0.6 is 7.82 Å². The van der Waals surface area contributed by atoms with E-state index in [-0.39, 0.29) is 12.8 Å². The van der Waals surface area contributed by atoms with Crippen LogP contribution in [0.5, 0.6) is 0 Å². The average Bonchev–Trinajstić information content (AvgIpc) is 3.20. The lowest BCUT2D eigenvalue weighted by molar-refractivity contribution is -0.220. The van der Waals surface area contributed by atoms with Crippen LogP contribution in [0.1, 0.15) is 162 Å². The summed E-state index contributed by atoms with van der Waals surface area (Å²) in [6.45, 7) is 3.08. The van der Waals surface area contributed by atoms with E-state index in [0.717, 1.165) is 89.9 Å². The van der Waals surface area contributed by atoms with Gasteiger partial charge in [0.25, 0.3) is 0 Å². The summed E-state index contributed by atoms with van der Waals surface area (Å²) in [6.07, 6.45) is 26.5. The van der Waals surface area contributed by atoms with E-state index in [2.05, 4.69) is 62.5 Å². The van der Waals surface area contributed by atoms with Crippen LogP contribution in [-0.2, 0) is 32.7 Å². The van der Waals surface area contributed by atoms with Gasteiger partial charge in [0.1, 0.15) is 43.2 Å². The molecule has 6 N–H and O–H groups in total. The molecule has 0 saturated heterocycles. The summed E-state index contributed by atoms with van der Waals surface area (Å²) in [4.78, 5) is 35.4. The van der Waals surface area contributed by atoms with E-state index >= 15 is 0 Å². The summed E-state index contributed by atoms with van der Waals surface area (Å²) < 4.78 is 33.3. The Morgan fingerprint density at radius 2 is 0.983 bits per heavy atom. The van der Waals surface area contributed by atoms with Crippen LogP contribution in [0.4, 0.5) is 0 Å². The van der Waals surface area contributed by atoms with Gasteiger partial charge in [-0.25, -0.2) is 4.57 Å². The Labute approximate surface area is 348 Å². The van der Waals surface area contributed by atoms with Gasteiger partial charge in [0.15, 0.2) is 6.10 Å². The molecule has 0 aliphatic heterocycles. The van der Waals surface area contributed by atoms with Crippen molar-refractivity contribution >= 4 is 19.8 Å². The molecule has 0 aromatic rings. The molecule has 0 radical (unpaired) electrons. The van der Waals surface area contributed by atoms with Crippen LogP contribution in [-0.4, -0.2) is 98.3 Å². The molecule has 58 heavy (non-hydrogen) atoms. The minimum Gasteiger partial charge on any atom is -0.462 e. The number of phosphoric acid groups is 1. The average molecular weight is 845 g/mol. The number of phosphoric ester groups is 1. The third kappa shape index (κ3) is 26.8. The van der Waals surface area contributed by atoms with E-state index in [4.69, 9.17) is 18.5 Å². The van der Waals surface area contributed by atoms with Gasteiger partial charge in [-0.05, 0) is 51.4 Å². The zero-order chi connectivity index (χ0) is 42.9. The summed E-state index contributed by atoms with van der Waals surface area (Å²) in [5.41, 5.74) is 0. The standard InChI is InChI=1S/C44H77O13P/c1-3-5-7-9-11-12-13-14-15-16-17-18-19-20-21-22-23-24-25-26-27-29-31-33-38(46)56-36(34-54-37(45)32-30-28-10-8-6-4-2)35-55-58(52,53)57-44-42(50)40(48)39(47)41(49)43(44)51/h5,7,11-12,14-15,17-18,36,39-44,47-51H,3-4,6,8-10,13,16,19-35H2,1-2H3,(H,52,53)/b7-5-,12-11-,15-14-,18-17-. The van der Waals surface area contributed by atoms with E-state index in [0.29, 0.717) is 12.8 Å². The van der Waals surface area contributed by atoms with Crippen LogP contribution < -0.4 is 0 Å². The molecule has 1 fully saturated rings. The van der Waals surface area contributed by atoms with Crippen molar-refractivity contribution in [3.05, 3.63) is 48.6 Å². The Balaban J connectivity index is 2.35. The second kappa shape index (κ2) is 34.5. The van der Waals surface area contributed by atoms with Gasteiger partial charge in [-0.15, -0.1) is 0 Å². The molecule has 1 aliphatic carbocycles. The Bertz CT molecular complexity index is 1210. The minimum absolute atomic E-state index is 0.0906. The number of carbonyl (C=O) groups is 2. The Morgan fingerprint density at radius 1 is 0.552 bits per heavy atom. The van der Waals surface area contributed by atoms with Crippen molar-refractivity contribution in [2.24, 2.45) is 0 Å². The molecule has 1 rings (SSSR count). The van der Waals surface area contributed by atoms with Crippen molar-refractivity contribution < 1.29 is 63.1 Å². The molecular weight excluding hydrogens is 767 g/mol. The third-order valence-corrected chi connectivity index (χ3v) is 10.9. The number of aliphatic hydroxyl groups excluding tert-OH is 5. The topological polar surface area (TPSA) is 210 Å². The first-order valence-electron chi connectivity index (χ1n) is 21.9. The van der Waals surface area contributed by atoms with E-state index in [1.807, 2.05) is 0 Å². The molecule has 0 heterocycles. The Hall–Kier alpha value is -2.19. The fourth-order valence-corrected chi connectivity index (χ4v) is 7.37. The smallest absolute Gasteiger partial charge is 0.462 e. The van der Waals surface area contributed by atoms with Gasteiger partial charge in [0.2, 0.25) is 0 Å². The maximum atomic E-state index is 12.7. The van der Waals surface area contributed by atoms with Gasteiger partial charge >= 0.3 is 19.8 Å². The summed E-state index contributed by atoms with van der Waals surface area (Å²) in [5.74, 6) is -1.12. The zero-order valence-corrected chi connectivity index (χ0v) is 36.2. The highest BCUT2D eigenvalue weighted by atomic mass is 31.2. The van der Waals surface area contributed by atoms with E-state index < -0.39 is 75.7 Å². The molecule has 0 bridgehead atoms.